The van der Waals surface area contributed by atoms with Crippen LogP contribution in [0.3, 0.4) is 0 Å². The number of hydrogen-bond donors (Lipinski definition) is 1. The Morgan fingerprint density at radius 3 is 2.46 bits per heavy atom. The summed E-state index contributed by atoms with van der Waals surface area (Å²) in [5, 5.41) is 2.73. The molecule has 4 aromatic rings. The number of hydrogen-bond acceptors (Lipinski definition) is 7. The predicted molar refractivity (Wildman–Crippen MR) is 129 cm³/mol. The molecule has 1 aromatic heterocycles. The Morgan fingerprint density at radius 2 is 1.71 bits per heavy atom. The van der Waals surface area contributed by atoms with E-state index in [1.54, 1.807) is 62.6 Å². The number of rotatable bonds is 9. The molecule has 0 spiro atoms. The number of oxazole rings is 1. The van der Waals surface area contributed by atoms with Crippen molar-refractivity contribution in [1.82, 2.24) is 4.98 Å². The standard InChI is InChI=1S/C27H24N2O6/c1-18-24(29-26(35-18)19-7-4-3-5-8-19)16-34-27(31)20-11-13-22(14-12-20)33-17-25(30)28-21-9-6-10-23(15-21)32-2/h3-15H,16-17H2,1-2H3,(H,28,30). The zero-order valence-electron chi connectivity index (χ0n) is 19.3. The third-order valence-electron chi connectivity index (χ3n) is 5.07. The molecule has 178 valence electrons. The molecule has 8 nitrogen and oxygen atoms in total. The number of carbonyl (C=O) groups is 2. The lowest BCUT2D eigenvalue weighted by Crippen LogP contribution is -2.20. The fourth-order valence-corrected chi connectivity index (χ4v) is 3.22. The SMILES string of the molecule is COc1cccc(NC(=O)COc2ccc(C(=O)OCc3nc(-c4ccccc4)oc3C)cc2)c1. The van der Waals surface area contributed by atoms with Gasteiger partial charge < -0.3 is 23.9 Å². The number of nitrogens with zero attached hydrogens (tertiary/aromatic N) is 1. The van der Waals surface area contributed by atoms with E-state index in [9.17, 15) is 9.59 Å². The van der Waals surface area contributed by atoms with Crippen molar-refractivity contribution >= 4 is 17.6 Å². The summed E-state index contributed by atoms with van der Waals surface area (Å²) in [5.41, 5.74) is 2.36. The van der Waals surface area contributed by atoms with Crippen molar-refractivity contribution in [3.63, 3.8) is 0 Å². The topological polar surface area (TPSA) is 99.9 Å². The molecule has 0 bridgehead atoms. The molecule has 0 fully saturated rings. The van der Waals surface area contributed by atoms with Crippen molar-refractivity contribution in [3.8, 4) is 23.0 Å². The molecule has 1 heterocycles. The first-order valence-corrected chi connectivity index (χ1v) is 10.9. The predicted octanol–water partition coefficient (Wildman–Crippen LogP) is 5.03. The number of benzene rings is 3. The lowest BCUT2D eigenvalue weighted by molar-refractivity contribution is -0.118. The van der Waals surface area contributed by atoms with Crippen LogP contribution in [0.1, 0.15) is 21.8 Å². The summed E-state index contributed by atoms with van der Waals surface area (Å²) in [5.74, 6) is 1.33. The molecule has 8 heteroatoms. The lowest BCUT2D eigenvalue weighted by atomic mass is 10.2. The van der Waals surface area contributed by atoms with Crippen molar-refractivity contribution in [2.75, 3.05) is 19.0 Å². The Bertz CT molecular complexity index is 1300. The number of aromatic nitrogens is 1. The second kappa shape index (κ2) is 11.0. The number of methoxy groups -OCH3 is 1. The van der Waals surface area contributed by atoms with E-state index in [1.807, 2.05) is 30.3 Å². The minimum Gasteiger partial charge on any atom is -0.497 e. The van der Waals surface area contributed by atoms with Crippen molar-refractivity contribution < 1.29 is 28.2 Å². The van der Waals surface area contributed by atoms with Gasteiger partial charge in [-0.1, -0.05) is 24.3 Å². The van der Waals surface area contributed by atoms with E-state index < -0.39 is 5.97 Å². The maximum absolute atomic E-state index is 12.4. The summed E-state index contributed by atoms with van der Waals surface area (Å²) >= 11 is 0. The van der Waals surface area contributed by atoms with Crippen molar-refractivity contribution in [2.45, 2.75) is 13.5 Å². The summed E-state index contributed by atoms with van der Waals surface area (Å²) in [6.45, 7) is 1.58. The molecule has 0 aliphatic rings. The first kappa shape index (κ1) is 23.6. The Hall–Kier alpha value is -4.59. The van der Waals surface area contributed by atoms with Crippen LogP contribution in [0.25, 0.3) is 11.5 Å². The first-order chi connectivity index (χ1) is 17.0. The second-order valence-corrected chi connectivity index (χ2v) is 7.56. The number of aryl methyl sites for hydroxylation is 1. The Morgan fingerprint density at radius 1 is 0.943 bits per heavy atom. The van der Waals surface area contributed by atoms with E-state index in [1.165, 1.54) is 0 Å². The van der Waals surface area contributed by atoms with Gasteiger partial charge in [-0.15, -0.1) is 0 Å². The summed E-state index contributed by atoms with van der Waals surface area (Å²) in [7, 11) is 1.56. The van der Waals surface area contributed by atoms with Crippen LogP contribution in [0.5, 0.6) is 11.5 Å². The highest BCUT2D eigenvalue weighted by atomic mass is 16.5. The average molecular weight is 472 g/mol. The molecule has 0 radical (unpaired) electrons. The molecule has 0 atom stereocenters. The van der Waals surface area contributed by atoms with Crippen LogP contribution in [0.2, 0.25) is 0 Å². The number of amides is 1. The van der Waals surface area contributed by atoms with Crippen molar-refractivity contribution in [1.29, 1.82) is 0 Å². The van der Waals surface area contributed by atoms with E-state index in [2.05, 4.69) is 10.3 Å². The van der Waals surface area contributed by atoms with Crippen LogP contribution in [0.4, 0.5) is 5.69 Å². The zero-order valence-corrected chi connectivity index (χ0v) is 19.3. The van der Waals surface area contributed by atoms with Gasteiger partial charge in [0.05, 0.1) is 12.7 Å². The van der Waals surface area contributed by atoms with Crippen LogP contribution >= 0.6 is 0 Å². The van der Waals surface area contributed by atoms with Gasteiger partial charge in [0.25, 0.3) is 5.91 Å². The Kier molecular flexibility index (Phi) is 7.42. The maximum atomic E-state index is 12.4. The van der Waals surface area contributed by atoms with Crippen molar-refractivity contribution in [2.24, 2.45) is 0 Å². The smallest absolute Gasteiger partial charge is 0.338 e. The lowest BCUT2D eigenvalue weighted by Gasteiger charge is -2.09. The Balaban J connectivity index is 1.27. The average Bonchev–Trinajstić information content (AvgIpc) is 3.27. The molecular weight excluding hydrogens is 448 g/mol. The molecule has 4 rings (SSSR count). The summed E-state index contributed by atoms with van der Waals surface area (Å²) in [6, 6.07) is 22.9. The van der Waals surface area contributed by atoms with Gasteiger partial charge in [-0.25, -0.2) is 9.78 Å². The van der Waals surface area contributed by atoms with Gasteiger partial charge in [-0.2, -0.15) is 0 Å². The molecule has 0 saturated carbocycles. The fourth-order valence-electron chi connectivity index (χ4n) is 3.22. The molecule has 0 unspecified atom stereocenters. The highest BCUT2D eigenvalue weighted by molar-refractivity contribution is 5.92. The molecule has 0 saturated heterocycles. The third-order valence-corrected chi connectivity index (χ3v) is 5.07. The molecule has 3 aromatic carbocycles. The first-order valence-electron chi connectivity index (χ1n) is 10.9. The molecule has 1 amide bonds. The van der Waals surface area contributed by atoms with Crippen LogP contribution in [0, 0.1) is 6.92 Å². The maximum Gasteiger partial charge on any atom is 0.338 e. The van der Waals surface area contributed by atoms with E-state index in [-0.39, 0.29) is 19.1 Å². The Labute approximate surface area is 202 Å². The quantitative estimate of drug-likeness (QED) is 0.341. The van der Waals surface area contributed by atoms with Crippen LogP contribution in [-0.4, -0.2) is 30.6 Å². The van der Waals surface area contributed by atoms with Crippen LogP contribution in [-0.2, 0) is 16.1 Å². The van der Waals surface area contributed by atoms with Gasteiger partial charge >= 0.3 is 5.97 Å². The van der Waals surface area contributed by atoms with Gasteiger partial charge in [0, 0.05) is 17.3 Å². The van der Waals surface area contributed by atoms with E-state index >= 15 is 0 Å². The van der Waals surface area contributed by atoms with Gasteiger partial charge in [-0.3, -0.25) is 4.79 Å². The highest BCUT2D eigenvalue weighted by Gasteiger charge is 2.14. The summed E-state index contributed by atoms with van der Waals surface area (Å²) in [6.07, 6.45) is 0. The van der Waals surface area contributed by atoms with Crippen LogP contribution < -0.4 is 14.8 Å². The van der Waals surface area contributed by atoms with E-state index in [0.29, 0.717) is 40.1 Å². The number of anilines is 1. The van der Waals surface area contributed by atoms with Crippen LogP contribution in [0.15, 0.2) is 83.3 Å². The normalized spacial score (nSPS) is 10.5. The van der Waals surface area contributed by atoms with Gasteiger partial charge in [-0.05, 0) is 55.5 Å². The largest absolute Gasteiger partial charge is 0.497 e. The molecule has 0 aliphatic carbocycles. The van der Waals surface area contributed by atoms with Gasteiger partial charge in [0.15, 0.2) is 6.61 Å². The zero-order chi connectivity index (χ0) is 24.6. The molecular formula is C27H24N2O6. The van der Waals surface area contributed by atoms with Gasteiger partial charge in [0.2, 0.25) is 5.89 Å². The fraction of sp³-hybridized carbons (Fsp3) is 0.148. The van der Waals surface area contributed by atoms with E-state index in [4.69, 9.17) is 18.6 Å². The minimum absolute atomic E-state index is 0.0102. The van der Waals surface area contributed by atoms with Crippen molar-refractivity contribution in [3.05, 3.63) is 95.9 Å². The molecule has 1 N–H and O–H groups in total. The monoisotopic (exact) mass is 472 g/mol. The minimum atomic E-state index is -0.504. The summed E-state index contributed by atoms with van der Waals surface area (Å²) < 4.78 is 21.7. The summed E-state index contributed by atoms with van der Waals surface area (Å²) in [4.78, 5) is 29.0. The number of carbonyl (C=O) groups excluding carboxylic acids is 2. The molecule has 35 heavy (non-hydrogen) atoms. The third kappa shape index (κ3) is 6.26. The number of ether oxygens (including phenoxy) is 3. The number of esters is 1. The second-order valence-electron chi connectivity index (χ2n) is 7.56. The molecule has 0 aliphatic heterocycles. The number of nitrogens with one attached hydrogen (secondary N) is 1. The van der Waals surface area contributed by atoms with Gasteiger partial charge in [0.1, 0.15) is 29.6 Å². The van der Waals surface area contributed by atoms with E-state index in [0.717, 1.165) is 5.56 Å². The highest BCUT2D eigenvalue weighted by Crippen LogP contribution is 2.22.